The molecular formula is C23H25N5O7S2. The number of benzene rings is 1. The fraction of sp³-hybridized carbons (Fsp3) is 0.304. The van der Waals surface area contributed by atoms with E-state index in [2.05, 4.69) is 20.3 Å². The average Bonchev–Trinajstić information content (AvgIpc) is 3.20. The maximum absolute atomic E-state index is 12.6. The van der Waals surface area contributed by atoms with Crippen molar-refractivity contribution in [2.75, 3.05) is 11.9 Å². The third-order valence-corrected chi connectivity index (χ3v) is 7.01. The molecule has 0 amide bonds. The molecular weight excluding hydrogens is 522 g/mol. The second kappa shape index (κ2) is 12.0. The highest BCUT2D eigenvalue weighted by atomic mass is 32.2. The number of aliphatic carboxylic acids is 1. The number of ether oxygens (including phenoxy) is 1. The maximum atomic E-state index is 12.6. The first-order valence-electron chi connectivity index (χ1n) is 11.1. The second-order valence-electron chi connectivity index (χ2n) is 7.85. The van der Waals surface area contributed by atoms with Gasteiger partial charge in [0.15, 0.2) is 10.9 Å². The minimum absolute atomic E-state index is 0.00276. The van der Waals surface area contributed by atoms with Crippen LogP contribution in [0.4, 0.5) is 11.1 Å². The Hall–Kier alpha value is -3.75. The Kier molecular flexibility index (Phi) is 9.02. The van der Waals surface area contributed by atoms with Gasteiger partial charge in [-0.2, -0.15) is 0 Å². The fourth-order valence-corrected chi connectivity index (χ4v) is 4.59. The van der Waals surface area contributed by atoms with Crippen molar-refractivity contribution in [3.05, 3.63) is 57.9 Å². The van der Waals surface area contributed by atoms with Crippen LogP contribution < -0.4 is 10.5 Å². The summed E-state index contributed by atoms with van der Waals surface area (Å²) in [5.41, 5.74) is 1.81. The van der Waals surface area contributed by atoms with Gasteiger partial charge in [-0.15, -0.1) is 0 Å². The Bertz CT molecular complexity index is 1420. The van der Waals surface area contributed by atoms with E-state index in [-0.39, 0.29) is 36.0 Å². The van der Waals surface area contributed by atoms with E-state index in [0.717, 1.165) is 16.9 Å². The number of Topliss-reactive ketones (excluding diaryl/α,β-unsaturated/α-hetero) is 1. The van der Waals surface area contributed by atoms with E-state index < -0.39 is 27.7 Å². The number of aryl methyl sites for hydroxylation is 3. The van der Waals surface area contributed by atoms with E-state index in [4.69, 9.17) is 15.0 Å². The normalized spacial score (nSPS) is 11.2. The molecule has 0 bridgehead atoms. The van der Waals surface area contributed by atoms with E-state index >= 15 is 0 Å². The number of anilines is 2. The number of carbonyl (C=O) groups excluding carboxylic acids is 2. The molecule has 2 heterocycles. The third-order valence-electron chi connectivity index (χ3n) is 5.03. The number of hydrogen-bond donors (Lipinski definition) is 3. The van der Waals surface area contributed by atoms with Gasteiger partial charge in [-0.1, -0.05) is 23.5 Å². The average molecular weight is 548 g/mol. The van der Waals surface area contributed by atoms with Crippen LogP contribution in [0.25, 0.3) is 0 Å². The Labute approximate surface area is 217 Å². The molecule has 0 unspecified atom stereocenters. The summed E-state index contributed by atoms with van der Waals surface area (Å²) in [5, 5.41) is 17.3. The van der Waals surface area contributed by atoms with Gasteiger partial charge in [-0.05, 0) is 50.5 Å². The highest BCUT2D eigenvalue weighted by molar-refractivity contribution is 7.89. The number of rotatable bonds is 12. The lowest BCUT2D eigenvalue weighted by Gasteiger charge is -2.09. The summed E-state index contributed by atoms with van der Waals surface area (Å²) in [7, 11) is -3.80. The zero-order chi connectivity index (χ0) is 27.2. The molecule has 0 aliphatic heterocycles. The summed E-state index contributed by atoms with van der Waals surface area (Å²) in [6.07, 6.45) is 0.263. The van der Waals surface area contributed by atoms with Crippen LogP contribution in [0.1, 0.15) is 56.9 Å². The Balaban J connectivity index is 1.85. The maximum Gasteiger partial charge on any atom is 0.350 e. The SMILES string of the molecule is CCOC(=O)c1sc(Nc2nc(CCc3ccc(S(N)(=O)=O)cc3)cc(C(=O)CCC(=O)O)n2)nc1C. The number of ketones is 1. The number of nitrogens with two attached hydrogens (primary N) is 1. The summed E-state index contributed by atoms with van der Waals surface area (Å²) < 4.78 is 27.9. The van der Waals surface area contributed by atoms with Crippen molar-refractivity contribution in [1.29, 1.82) is 0 Å². The number of nitrogens with one attached hydrogen (secondary N) is 1. The van der Waals surface area contributed by atoms with Gasteiger partial charge < -0.3 is 9.84 Å². The summed E-state index contributed by atoms with van der Waals surface area (Å²) in [4.78, 5) is 48.9. The van der Waals surface area contributed by atoms with Gasteiger partial charge in [0.25, 0.3) is 0 Å². The molecule has 0 atom stereocenters. The third kappa shape index (κ3) is 7.87. The van der Waals surface area contributed by atoms with Crippen LogP contribution in [0, 0.1) is 6.92 Å². The quantitative estimate of drug-likeness (QED) is 0.223. The smallest absolute Gasteiger partial charge is 0.350 e. The summed E-state index contributed by atoms with van der Waals surface area (Å²) in [6, 6.07) is 7.57. The number of nitrogens with zero attached hydrogens (tertiary/aromatic N) is 3. The van der Waals surface area contributed by atoms with Crippen molar-refractivity contribution in [2.24, 2.45) is 5.14 Å². The standard InChI is InChI=1S/C23H25N5O7S2/c1-3-35-21(32)20-13(2)25-23(36-20)28-22-26-15(12-17(27-22)18(29)10-11-19(30)31)7-4-14-5-8-16(9-6-14)37(24,33)34/h5-6,8-9,12H,3-4,7,10-11H2,1-2H3,(H,30,31)(H2,24,33,34)(H,25,26,27,28). The number of esters is 1. The largest absolute Gasteiger partial charge is 0.481 e. The van der Waals surface area contributed by atoms with Crippen molar-refractivity contribution >= 4 is 50.2 Å². The summed E-state index contributed by atoms with van der Waals surface area (Å²) in [6.45, 7) is 3.58. The molecule has 3 aromatic rings. The molecule has 12 nitrogen and oxygen atoms in total. The minimum atomic E-state index is -3.80. The number of aromatic nitrogens is 3. The van der Waals surface area contributed by atoms with Crippen LogP contribution in [0.15, 0.2) is 35.2 Å². The molecule has 4 N–H and O–H groups in total. The molecule has 14 heteroatoms. The van der Waals surface area contributed by atoms with E-state index in [1.807, 2.05) is 0 Å². The monoisotopic (exact) mass is 547 g/mol. The van der Waals surface area contributed by atoms with Crippen LogP contribution in [0.5, 0.6) is 0 Å². The number of primary sulfonamides is 1. The van der Waals surface area contributed by atoms with Gasteiger partial charge >= 0.3 is 11.9 Å². The fourth-order valence-electron chi connectivity index (χ4n) is 3.22. The molecule has 37 heavy (non-hydrogen) atoms. The predicted molar refractivity (Wildman–Crippen MR) is 135 cm³/mol. The second-order valence-corrected chi connectivity index (χ2v) is 10.4. The van der Waals surface area contributed by atoms with E-state index in [0.29, 0.717) is 34.2 Å². The first-order chi connectivity index (χ1) is 17.5. The predicted octanol–water partition coefficient (Wildman–Crippen LogP) is 2.64. The molecule has 0 saturated heterocycles. The van der Waals surface area contributed by atoms with Crippen LogP contribution in [-0.2, 0) is 32.4 Å². The molecule has 1 aromatic carbocycles. The van der Waals surface area contributed by atoms with Crippen molar-refractivity contribution in [2.45, 2.75) is 44.4 Å². The number of carboxylic acid groups (broad SMARTS) is 1. The van der Waals surface area contributed by atoms with Gasteiger partial charge in [0.1, 0.15) is 10.6 Å². The highest BCUT2D eigenvalue weighted by Crippen LogP contribution is 2.26. The van der Waals surface area contributed by atoms with Gasteiger partial charge in [0, 0.05) is 12.1 Å². The molecule has 196 valence electrons. The van der Waals surface area contributed by atoms with Crippen molar-refractivity contribution in [3.8, 4) is 0 Å². The van der Waals surface area contributed by atoms with Gasteiger partial charge in [-0.25, -0.2) is 33.3 Å². The van der Waals surface area contributed by atoms with Crippen LogP contribution >= 0.6 is 11.3 Å². The molecule has 0 aliphatic rings. The van der Waals surface area contributed by atoms with E-state index in [1.54, 1.807) is 26.0 Å². The van der Waals surface area contributed by atoms with Crippen molar-refractivity contribution in [3.63, 3.8) is 0 Å². The van der Waals surface area contributed by atoms with Crippen molar-refractivity contribution < 1.29 is 32.6 Å². The number of thiazole rings is 1. The van der Waals surface area contributed by atoms with Crippen LogP contribution in [0.2, 0.25) is 0 Å². The molecule has 0 fully saturated rings. The number of carboxylic acids is 1. The zero-order valence-corrected chi connectivity index (χ0v) is 21.7. The lowest BCUT2D eigenvalue weighted by atomic mass is 10.1. The minimum Gasteiger partial charge on any atom is -0.481 e. The Morgan fingerprint density at radius 1 is 1.08 bits per heavy atom. The van der Waals surface area contributed by atoms with Crippen LogP contribution in [-0.4, -0.2) is 52.8 Å². The molecule has 0 radical (unpaired) electrons. The number of hydrogen-bond acceptors (Lipinski definition) is 11. The van der Waals surface area contributed by atoms with Gasteiger partial charge in [-0.3, -0.25) is 14.9 Å². The van der Waals surface area contributed by atoms with Crippen molar-refractivity contribution in [1.82, 2.24) is 15.0 Å². The molecule has 3 rings (SSSR count). The molecule has 0 aliphatic carbocycles. The summed E-state index contributed by atoms with van der Waals surface area (Å²) >= 11 is 1.05. The topological polar surface area (TPSA) is 192 Å². The van der Waals surface area contributed by atoms with Gasteiger partial charge in [0.2, 0.25) is 16.0 Å². The first kappa shape index (κ1) is 27.8. The van der Waals surface area contributed by atoms with Gasteiger partial charge in [0.05, 0.1) is 23.6 Å². The van der Waals surface area contributed by atoms with Crippen LogP contribution in [0.3, 0.4) is 0 Å². The molecule has 0 spiro atoms. The number of carbonyl (C=O) groups is 3. The zero-order valence-electron chi connectivity index (χ0n) is 20.1. The lowest BCUT2D eigenvalue weighted by molar-refractivity contribution is -0.136. The molecule has 0 saturated carbocycles. The Morgan fingerprint density at radius 2 is 1.78 bits per heavy atom. The van der Waals surface area contributed by atoms with E-state index in [9.17, 15) is 22.8 Å². The number of sulfonamides is 1. The lowest BCUT2D eigenvalue weighted by Crippen LogP contribution is -2.12. The van der Waals surface area contributed by atoms with E-state index in [1.165, 1.54) is 18.2 Å². The Morgan fingerprint density at radius 3 is 2.41 bits per heavy atom. The first-order valence-corrected chi connectivity index (χ1v) is 13.5. The highest BCUT2D eigenvalue weighted by Gasteiger charge is 2.19. The summed E-state index contributed by atoms with van der Waals surface area (Å²) in [5.74, 6) is -2.01. The molecule has 2 aromatic heterocycles.